The molecular weight excluding hydrogens is 408 g/mol. The molecule has 1 aliphatic rings. The van der Waals surface area contributed by atoms with Gasteiger partial charge in [0, 0.05) is 37.0 Å². The minimum atomic E-state index is -2.94. The molecule has 0 aromatic heterocycles. The first-order valence-corrected chi connectivity index (χ1v) is 12.9. The number of piperidine rings is 1. The zero-order valence-electron chi connectivity index (χ0n) is 17.8. The minimum Gasteiger partial charge on any atom is -0.357 e. The molecule has 0 spiro atoms. The summed E-state index contributed by atoms with van der Waals surface area (Å²) in [6.07, 6.45) is 4.09. The summed E-state index contributed by atoms with van der Waals surface area (Å²) >= 11 is 6.28. The quantitative estimate of drug-likeness (QED) is 0.454. The maximum atomic E-state index is 11.4. The fraction of sp³-hybridized carbons (Fsp3) is 0.667. The summed E-state index contributed by atoms with van der Waals surface area (Å²) in [4.78, 5) is 7.21. The standard InChI is InChI=1S/C21H35ClN4O2S/c1-4-23-21(25-17(2)11-14-29(3,27)28)24-15-18-9-12-26(13-10-18)16-19-7-5-6-8-20(19)22/h5-8,17-18H,4,9-16H2,1-3H3,(H2,23,24,25). The summed E-state index contributed by atoms with van der Waals surface area (Å²) in [6.45, 7) is 8.60. The molecule has 1 aromatic rings. The van der Waals surface area contributed by atoms with E-state index in [9.17, 15) is 8.42 Å². The van der Waals surface area contributed by atoms with Crippen molar-refractivity contribution < 1.29 is 8.42 Å². The van der Waals surface area contributed by atoms with Crippen LogP contribution in [-0.2, 0) is 16.4 Å². The highest BCUT2D eigenvalue weighted by molar-refractivity contribution is 7.90. The van der Waals surface area contributed by atoms with Gasteiger partial charge in [-0.3, -0.25) is 9.89 Å². The van der Waals surface area contributed by atoms with Gasteiger partial charge in [-0.05, 0) is 63.7 Å². The van der Waals surface area contributed by atoms with Crippen molar-refractivity contribution >= 4 is 27.4 Å². The highest BCUT2D eigenvalue weighted by atomic mass is 35.5. The van der Waals surface area contributed by atoms with Gasteiger partial charge < -0.3 is 10.6 Å². The molecule has 6 nitrogen and oxygen atoms in total. The normalized spacial score (nSPS) is 17.9. The Morgan fingerprint density at radius 1 is 1.31 bits per heavy atom. The van der Waals surface area contributed by atoms with Crippen LogP contribution < -0.4 is 10.6 Å². The number of nitrogens with one attached hydrogen (secondary N) is 2. The summed E-state index contributed by atoms with van der Waals surface area (Å²) < 4.78 is 22.7. The Morgan fingerprint density at radius 3 is 2.62 bits per heavy atom. The smallest absolute Gasteiger partial charge is 0.191 e. The van der Waals surface area contributed by atoms with Crippen LogP contribution in [-0.4, -0.2) is 63.5 Å². The monoisotopic (exact) mass is 442 g/mol. The van der Waals surface area contributed by atoms with E-state index in [0.717, 1.165) is 56.5 Å². The van der Waals surface area contributed by atoms with Crippen LogP contribution in [0.1, 0.15) is 38.7 Å². The van der Waals surface area contributed by atoms with E-state index < -0.39 is 9.84 Å². The number of sulfone groups is 1. The zero-order valence-corrected chi connectivity index (χ0v) is 19.4. The number of benzene rings is 1. The van der Waals surface area contributed by atoms with Gasteiger partial charge in [0.2, 0.25) is 0 Å². The van der Waals surface area contributed by atoms with E-state index in [4.69, 9.17) is 16.6 Å². The van der Waals surface area contributed by atoms with Crippen LogP contribution in [0.3, 0.4) is 0 Å². The molecule has 0 bridgehead atoms. The van der Waals surface area contributed by atoms with Crippen molar-refractivity contribution in [1.29, 1.82) is 0 Å². The van der Waals surface area contributed by atoms with Gasteiger partial charge in [-0.2, -0.15) is 0 Å². The Labute approximate surface area is 181 Å². The largest absolute Gasteiger partial charge is 0.357 e. The maximum Gasteiger partial charge on any atom is 0.191 e. The van der Waals surface area contributed by atoms with E-state index in [2.05, 4.69) is 21.6 Å². The molecule has 0 aliphatic carbocycles. The van der Waals surface area contributed by atoms with Gasteiger partial charge in [0.1, 0.15) is 9.84 Å². The molecule has 0 amide bonds. The van der Waals surface area contributed by atoms with E-state index in [0.29, 0.717) is 12.3 Å². The van der Waals surface area contributed by atoms with Gasteiger partial charge in [-0.1, -0.05) is 29.8 Å². The van der Waals surface area contributed by atoms with Gasteiger partial charge in [0.15, 0.2) is 5.96 Å². The molecule has 0 saturated carbocycles. The lowest BCUT2D eigenvalue weighted by molar-refractivity contribution is 0.180. The Balaban J connectivity index is 1.79. The highest BCUT2D eigenvalue weighted by Crippen LogP contribution is 2.22. The summed E-state index contributed by atoms with van der Waals surface area (Å²) in [5, 5.41) is 7.43. The zero-order chi connectivity index (χ0) is 21.3. The predicted octanol–water partition coefficient (Wildman–Crippen LogP) is 2.93. The molecule has 8 heteroatoms. The van der Waals surface area contributed by atoms with Crippen LogP contribution in [0.2, 0.25) is 5.02 Å². The lowest BCUT2D eigenvalue weighted by Crippen LogP contribution is -2.43. The lowest BCUT2D eigenvalue weighted by Gasteiger charge is -2.31. The van der Waals surface area contributed by atoms with Crippen LogP contribution in [0.4, 0.5) is 0 Å². The second-order valence-corrected chi connectivity index (χ2v) is 10.7. The Morgan fingerprint density at radius 2 is 2.00 bits per heavy atom. The molecule has 1 atom stereocenters. The second kappa shape index (κ2) is 11.8. The van der Waals surface area contributed by atoms with E-state index in [1.807, 2.05) is 32.0 Å². The first-order chi connectivity index (χ1) is 13.8. The molecule has 2 rings (SSSR count). The summed E-state index contributed by atoms with van der Waals surface area (Å²) in [7, 11) is -2.94. The molecule has 1 aromatic carbocycles. The predicted molar refractivity (Wildman–Crippen MR) is 122 cm³/mol. The topological polar surface area (TPSA) is 73.8 Å². The van der Waals surface area contributed by atoms with Gasteiger partial charge >= 0.3 is 0 Å². The number of hydrogen-bond donors (Lipinski definition) is 2. The van der Waals surface area contributed by atoms with Crippen LogP contribution >= 0.6 is 11.6 Å². The molecule has 0 radical (unpaired) electrons. The molecular formula is C21H35ClN4O2S. The highest BCUT2D eigenvalue weighted by Gasteiger charge is 2.20. The number of aliphatic imine (C=N–C) groups is 1. The van der Waals surface area contributed by atoms with E-state index in [1.165, 1.54) is 11.8 Å². The Kier molecular flexibility index (Phi) is 9.72. The molecule has 29 heavy (non-hydrogen) atoms. The van der Waals surface area contributed by atoms with Gasteiger partial charge in [-0.15, -0.1) is 0 Å². The van der Waals surface area contributed by atoms with E-state index >= 15 is 0 Å². The SMILES string of the molecule is CCNC(=NCC1CCN(Cc2ccccc2Cl)CC1)NC(C)CCS(C)(=O)=O. The van der Waals surface area contributed by atoms with Crippen LogP contribution in [0.5, 0.6) is 0 Å². The van der Waals surface area contributed by atoms with Crippen molar-refractivity contribution in [2.45, 2.75) is 45.7 Å². The molecule has 1 heterocycles. The molecule has 164 valence electrons. The first kappa shape index (κ1) is 24.0. The van der Waals surface area contributed by atoms with Crippen molar-refractivity contribution in [3.63, 3.8) is 0 Å². The molecule has 1 saturated heterocycles. The van der Waals surface area contributed by atoms with Crippen molar-refractivity contribution in [3.8, 4) is 0 Å². The first-order valence-electron chi connectivity index (χ1n) is 10.4. The van der Waals surface area contributed by atoms with Crippen molar-refractivity contribution in [1.82, 2.24) is 15.5 Å². The number of halogens is 1. The van der Waals surface area contributed by atoms with Crippen molar-refractivity contribution in [3.05, 3.63) is 34.9 Å². The average molecular weight is 443 g/mol. The number of likely N-dealkylation sites (tertiary alicyclic amines) is 1. The van der Waals surface area contributed by atoms with Crippen LogP contribution in [0.25, 0.3) is 0 Å². The molecule has 2 N–H and O–H groups in total. The number of guanidine groups is 1. The van der Waals surface area contributed by atoms with Crippen LogP contribution in [0, 0.1) is 5.92 Å². The maximum absolute atomic E-state index is 11.4. The minimum absolute atomic E-state index is 0.0555. The Bertz CT molecular complexity index is 762. The molecule has 1 aliphatic heterocycles. The van der Waals surface area contributed by atoms with Crippen molar-refractivity contribution in [2.75, 3.05) is 38.2 Å². The van der Waals surface area contributed by atoms with Gasteiger partial charge in [-0.25, -0.2) is 8.42 Å². The molecule has 1 unspecified atom stereocenters. The van der Waals surface area contributed by atoms with E-state index in [-0.39, 0.29) is 11.8 Å². The van der Waals surface area contributed by atoms with Gasteiger partial charge in [0.25, 0.3) is 0 Å². The number of nitrogens with zero attached hydrogens (tertiary/aromatic N) is 2. The second-order valence-electron chi connectivity index (χ2n) is 7.99. The van der Waals surface area contributed by atoms with E-state index in [1.54, 1.807) is 0 Å². The fourth-order valence-corrected chi connectivity index (χ4v) is 4.41. The Hall–Kier alpha value is -1.31. The van der Waals surface area contributed by atoms with Gasteiger partial charge in [0.05, 0.1) is 5.75 Å². The third kappa shape index (κ3) is 9.36. The summed E-state index contributed by atoms with van der Waals surface area (Å²) in [5.41, 5.74) is 1.19. The lowest BCUT2D eigenvalue weighted by atomic mass is 9.96. The number of rotatable bonds is 9. The average Bonchev–Trinajstić information content (AvgIpc) is 2.67. The summed E-state index contributed by atoms with van der Waals surface area (Å²) in [5.74, 6) is 1.52. The third-order valence-corrected chi connectivity index (χ3v) is 6.56. The fourth-order valence-electron chi connectivity index (χ4n) is 3.43. The number of hydrogen-bond acceptors (Lipinski definition) is 4. The van der Waals surface area contributed by atoms with Crippen molar-refractivity contribution in [2.24, 2.45) is 10.9 Å². The third-order valence-electron chi connectivity index (χ3n) is 5.22. The van der Waals surface area contributed by atoms with Crippen LogP contribution in [0.15, 0.2) is 29.3 Å². The summed E-state index contributed by atoms with van der Waals surface area (Å²) in [6, 6.07) is 8.10. The molecule has 1 fully saturated rings.